The van der Waals surface area contributed by atoms with Crippen LogP contribution < -0.4 is 0 Å². The minimum Gasteiger partial charge on any atom is -0.236 e. The topological polar surface area (TPSA) is 25.8 Å². The van der Waals surface area contributed by atoms with Gasteiger partial charge in [-0.15, -0.1) is 0 Å². The molecule has 29 heavy (non-hydrogen) atoms. The number of rotatable bonds is 1. The molecule has 2 nitrogen and oxygen atoms in total. The van der Waals surface area contributed by atoms with Gasteiger partial charge >= 0.3 is 0 Å². The van der Waals surface area contributed by atoms with E-state index in [0.717, 1.165) is 17.1 Å². The van der Waals surface area contributed by atoms with E-state index in [0.29, 0.717) is 0 Å². The number of nitrogens with zero attached hydrogens (tertiary/aromatic N) is 2. The van der Waals surface area contributed by atoms with Crippen molar-refractivity contribution in [2.45, 2.75) is 19.3 Å². The van der Waals surface area contributed by atoms with Crippen LogP contribution in [-0.4, -0.2) is 9.97 Å². The first-order chi connectivity index (χ1) is 14.2. The fourth-order valence-electron chi connectivity index (χ4n) is 4.93. The van der Waals surface area contributed by atoms with Crippen LogP contribution in [0.15, 0.2) is 85.1 Å². The summed E-state index contributed by atoms with van der Waals surface area (Å²) in [5.74, 6) is 0.783. The highest BCUT2D eigenvalue weighted by atomic mass is 14.9. The Morgan fingerprint density at radius 2 is 1.24 bits per heavy atom. The summed E-state index contributed by atoms with van der Waals surface area (Å²) in [5.41, 5.74) is 5.80. The van der Waals surface area contributed by atoms with Crippen LogP contribution in [0.1, 0.15) is 25.0 Å². The van der Waals surface area contributed by atoms with Gasteiger partial charge in [0.05, 0.1) is 5.69 Å². The molecule has 0 saturated heterocycles. The molecule has 5 aromatic rings. The molecule has 1 aliphatic carbocycles. The van der Waals surface area contributed by atoms with E-state index in [-0.39, 0.29) is 5.41 Å². The van der Waals surface area contributed by atoms with Crippen molar-refractivity contribution in [3.8, 4) is 22.6 Å². The normalized spacial score (nSPS) is 14.1. The third-order valence-corrected chi connectivity index (χ3v) is 6.29. The van der Waals surface area contributed by atoms with Gasteiger partial charge < -0.3 is 0 Å². The highest BCUT2D eigenvalue weighted by Gasteiger charge is 2.40. The average Bonchev–Trinajstić information content (AvgIpc) is 3.02. The Hall–Kier alpha value is -3.52. The number of hydrogen-bond donors (Lipinski definition) is 0. The molecule has 1 aliphatic rings. The summed E-state index contributed by atoms with van der Waals surface area (Å²) in [6.07, 6.45) is 2.04. The van der Waals surface area contributed by atoms with E-state index in [1.165, 1.54) is 38.2 Å². The van der Waals surface area contributed by atoms with E-state index >= 15 is 0 Å². The Labute approximate surface area is 169 Å². The fraction of sp³-hybridized carbons (Fsp3) is 0.111. The zero-order valence-electron chi connectivity index (χ0n) is 16.5. The third-order valence-electron chi connectivity index (χ3n) is 6.29. The molecule has 4 aromatic carbocycles. The van der Waals surface area contributed by atoms with Gasteiger partial charge in [0.25, 0.3) is 0 Å². The van der Waals surface area contributed by atoms with Crippen LogP contribution in [-0.2, 0) is 5.41 Å². The molecule has 0 aliphatic heterocycles. The first-order valence-corrected chi connectivity index (χ1v) is 10.0. The molecule has 0 bridgehead atoms. The van der Waals surface area contributed by atoms with Crippen LogP contribution in [0, 0.1) is 0 Å². The number of fused-ring (bicyclic) bond motifs is 8. The van der Waals surface area contributed by atoms with Crippen LogP contribution in [0.4, 0.5) is 0 Å². The van der Waals surface area contributed by atoms with Crippen molar-refractivity contribution in [3.05, 3.63) is 96.2 Å². The maximum Gasteiger partial charge on any atom is 0.159 e. The predicted octanol–water partition coefficient (Wildman–Crippen LogP) is 6.76. The van der Waals surface area contributed by atoms with Gasteiger partial charge in [0.2, 0.25) is 0 Å². The molecule has 0 saturated carbocycles. The summed E-state index contributed by atoms with van der Waals surface area (Å²) in [6.45, 7) is 4.59. The Morgan fingerprint density at radius 1 is 0.655 bits per heavy atom. The Morgan fingerprint density at radius 3 is 1.97 bits per heavy atom. The maximum atomic E-state index is 5.11. The van der Waals surface area contributed by atoms with Gasteiger partial charge in [-0.05, 0) is 27.1 Å². The van der Waals surface area contributed by atoms with Crippen molar-refractivity contribution in [2.24, 2.45) is 0 Å². The maximum absolute atomic E-state index is 5.11. The zero-order chi connectivity index (χ0) is 19.6. The van der Waals surface area contributed by atoms with Gasteiger partial charge in [0.15, 0.2) is 5.82 Å². The summed E-state index contributed by atoms with van der Waals surface area (Å²) in [6, 6.07) is 27.7. The zero-order valence-corrected chi connectivity index (χ0v) is 16.5. The van der Waals surface area contributed by atoms with Crippen molar-refractivity contribution in [1.82, 2.24) is 9.97 Å². The number of hydrogen-bond acceptors (Lipinski definition) is 2. The molecule has 0 fully saturated rings. The van der Waals surface area contributed by atoms with Gasteiger partial charge in [0.1, 0.15) is 0 Å². The molecule has 2 heteroatoms. The standard InChI is InChI=1S/C27H20N2/c1-27(2)22-16-28-26(17-10-4-3-5-11-17)29-25(22)23-20-14-8-6-12-18(20)19-13-7-9-15-21(19)24(23)27/h3-16H,1-2H3. The quantitative estimate of drug-likeness (QED) is 0.304. The van der Waals surface area contributed by atoms with Crippen LogP contribution in [0.3, 0.4) is 0 Å². The van der Waals surface area contributed by atoms with Crippen LogP contribution in [0.2, 0.25) is 0 Å². The van der Waals surface area contributed by atoms with E-state index < -0.39 is 0 Å². The highest BCUT2D eigenvalue weighted by Crippen LogP contribution is 2.53. The molecular weight excluding hydrogens is 352 g/mol. The third kappa shape index (κ3) is 2.17. The SMILES string of the molecule is CC1(C)c2cnc(-c3ccccc3)nc2-c2c1c1ccccc1c1ccccc21. The molecule has 0 atom stereocenters. The second kappa shape index (κ2) is 5.74. The van der Waals surface area contributed by atoms with E-state index in [2.05, 4.69) is 74.5 Å². The van der Waals surface area contributed by atoms with Crippen LogP contribution in [0.25, 0.3) is 44.2 Å². The lowest BCUT2D eigenvalue weighted by Crippen LogP contribution is -2.16. The first-order valence-electron chi connectivity index (χ1n) is 10.0. The molecule has 1 aromatic heterocycles. The predicted molar refractivity (Wildman–Crippen MR) is 120 cm³/mol. The Kier molecular flexibility index (Phi) is 3.25. The Balaban J connectivity index is 1.78. The minimum atomic E-state index is -0.149. The molecule has 6 rings (SSSR count). The Bertz CT molecular complexity index is 1420. The van der Waals surface area contributed by atoms with Crippen molar-refractivity contribution < 1.29 is 0 Å². The lowest BCUT2D eigenvalue weighted by molar-refractivity contribution is 0.661. The number of aromatic nitrogens is 2. The largest absolute Gasteiger partial charge is 0.236 e. The summed E-state index contributed by atoms with van der Waals surface area (Å²) in [4.78, 5) is 9.85. The lowest BCUT2D eigenvalue weighted by atomic mass is 9.79. The number of benzene rings is 4. The monoisotopic (exact) mass is 372 g/mol. The molecule has 0 radical (unpaired) electrons. The summed E-state index contributed by atoms with van der Waals surface area (Å²) in [7, 11) is 0. The molecule has 1 heterocycles. The van der Waals surface area contributed by atoms with Crippen molar-refractivity contribution >= 4 is 21.5 Å². The van der Waals surface area contributed by atoms with Gasteiger partial charge in [0, 0.05) is 28.3 Å². The second-order valence-corrected chi connectivity index (χ2v) is 8.29. The van der Waals surface area contributed by atoms with Crippen LogP contribution in [0.5, 0.6) is 0 Å². The average molecular weight is 372 g/mol. The molecule has 138 valence electrons. The second-order valence-electron chi connectivity index (χ2n) is 8.29. The van der Waals surface area contributed by atoms with E-state index in [9.17, 15) is 0 Å². The fourth-order valence-corrected chi connectivity index (χ4v) is 4.93. The molecule has 0 amide bonds. The van der Waals surface area contributed by atoms with E-state index in [1.54, 1.807) is 0 Å². The van der Waals surface area contributed by atoms with Crippen molar-refractivity contribution in [2.75, 3.05) is 0 Å². The van der Waals surface area contributed by atoms with E-state index in [1.807, 2.05) is 24.4 Å². The first kappa shape index (κ1) is 16.4. The molecular formula is C27H20N2. The minimum absolute atomic E-state index is 0.149. The van der Waals surface area contributed by atoms with Gasteiger partial charge in [-0.3, -0.25) is 0 Å². The summed E-state index contributed by atoms with van der Waals surface area (Å²) >= 11 is 0. The summed E-state index contributed by atoms with van der Waals surface area (Å²) < 4.78 is 0. The lowest BCUT2D eigenvalue weighted by Gasteiger charge is -2.23. The van der Waals surface area contributed by atoms with E-state index in [4.69, 9.17) is 9.97 Å². The van der Waals surface area contributed by atoms with Crippen LogP contribution >= 0.6 is 0 Å². The molecule has 0 unspecified atom stereocenters. The summed E-state index contributed by atoms with van der Waals surface area (Å²) in [5, 5.41) is 5.17. The van der Waals surface area contributed by atoms with Gasteiger partial charge in [-0.2, -0.15) is 0 Å². The smallest absolute Gasteiger partial charge is 0.159 e. The van der Waals surface area contributed by atoms with Gasteiger partial charge in [-0.1, -0.05) is 92.7 Å². The van der Waals surface area contributed by atoms with Crippen molar-refractivity contribution in [1.29, 1.82) is 0 Å². The van der Waals surface area contributed by atoms with Gasteiger partial charge in [-0.25, -0.2) is 9.97 Å². The van der Waals surface area contributed by atoms with Crippen molar-refractivity contribution in [3.63, 3.8) is 0 Å². The highest BCUT2D eigenvalue weighted by molar-refractivity contribution is 6.17. The molecule has 0 spiro atoms. The molecule has 0 N–H and O–H groups in total.